The summed E-state index contributed by atoms with van der Waals surface area (Å²) in [6, 6.07) is 0.369. The average molecular weight is 262 g/mol. The molecule has 1 heterocycles. The highest BCUT2D eigenvalue weighted by atomic mass is 16.4. The van der Waals surface area contributed by atoms with Crippen molar-refractivity contribution in [1.82, 2.24) is 10.2 Å². The Labute approximate surface area is 113 Å². The lowest BCUT2D eigenvalue weighted by Crippen LogP contribution is -2.54. The second-order valence-corrected chi connectivity index (χ2v) is 7.06. The number of nitrogens with two attached hydrogens (primary N) is 1. The van der Waals surface area contributed by atoms with E-state index in [1.807, 2.05) is 6.92 Å². The summed E-state index contributed by atoms with van der Waals surface area (Å²) in [5.41, 5.74) is 5.98. The molecule has 0 aromatic carbocycles. The van der Waals surface area contributed by atoms with Crippen molar-refractivity contribution in [2.45, 2.75) is 57.0 Å². The monoisotopic (exact) mass is 262 g/mol. The molecule has 4 aliphatic carbocycles. The van der Waals surface area contributed by atoms with Gasteiger partial charge in [0.1, 0.15) is 0 Å². The molecule has 19 heavy (non-hydrogen) atoms. The third-order valence-electron chi connectivity index (χ3n) is 5.24. The summed E-state index contributed by atoms with van der Waals surface area (Å²) in [4.78, 5) is 0. The normalized spacial score (nSPS) is 41.5. The van der Waals surface area contributed by atoms with Crippen LogP contribution < -0.4 is 11.1 Å². The van der Waals surface area contributed by atoms with E-state index in [0.717, 1.165) is 17.8 Å². The van der Waals surface area contributed by atoms with Crippen LogP contribution in [0.4, 0.5) is 6.01 Å². The first kappa shape index (κ1) is 11.7. The summed E-state index contributed by atoms with van der Waals surface area (Å²) in [5, 5.41) is 11.7. The lowest BCUT2D eigenvalue weighted by Gasteiger charge is -2.56. The minimum absolute atomic E-state index is 0.195. The molecule has 0 radical (unpaired) electrons. The van der Waals surface area contributed by atoms with Crippen LogP contribution in [-0.2, 0) is 0 Å². The second kappa shape index (κ2) is 3.95. The summed E-state index contributed by atoms with van der Waals surface area (Å²) in [7, 11) is 0. The Morgan fingerprint density at radius 3 is 2.21 bits per heavy atom. The lowest BCUT2D eigenvalue weighted by molar-refractivity contribution is 0.00957. The maximum Gasteiger partial charge on any atom is 0.315 e. The first-order chi connectivity index (χ1) is 9.12. The van der Waals surface area contributed by atoms with Gasteiger partial charge in [-0.15, -0.1) is 5.10 Å². The molecule has 4 aliphatic rings. The van der Waals surface area contributed by atoms with Crippen LogP contribution in [0, 0.1) is 17.8 Å². The largest absolute Gasteiger partial charge is 0.406 e. The zero-order valence-electron chi connectivity index (χ0n) is 11.4. The van der Waals surface area contributed by atoms with Crippen LogP contribution in [0.3, 0.4) is 0 Å². The average Bonchev–Trinajstić information content (AvgIpc) is 2.74. The number of rotatable bonds is 3. The molecule has 1 unspecified atom stereocenters. The molecule has 0 aliphatic heterocycles. The Bertz CT molecular complexity index is 446. The SMILES string of the molecule is CC(N)c1nnc(NC23CC4CC(CC(C4)C2)C3)o1. The van der Waals surface area contributed by atoms with Gasteiger partial charge in [-0.2, -0.15) is 0 Å². The van der Waals surface area contributed by atoms with Crippen LogP contribution >= 0.6 is 0 Å². The van der Waals surface area contributed by atoms with Gasteiger partial charge in [0.25, 0.3) is 0 Å². The highest BCUT2D eigenvalue weighted by Gasteiger charge is 2.51. The van der Waals surface area contributed by atoms with Gasteiger partial charge in [-0.05, 0) is 63.2 Å². The number of nitrogens with zero attached hydrogens (tertiary/aromatic N) is 2. The first-order valence-electron chi connectivity index (χ1n) is 7.49. The van der Waals surface area contributed by atoms with Gasteiger partial charge in [-0.1, -0.05) is 5.10 Å². The Morgan fingerprint density at radius 1 is 1.16 bits per heavy atom. The number of anilines is 1. The summed E-state index contributed by atoms with van der Waals surface area (Å²) >= 11 is 0. The van der Waals surface area contributed by atoms with E-state index >= 15 is 0 Å². The van der Waals surface area contributed by atoms with Crippen LogP contribution in [0.1, 0.15) is 57.4 Å². The first-order valence-corrected chi connectivity index (χ1v) is 7.49. The predicted octanol–water partition coefficient (Wildman–Crippen LogP) is 2.47. The molecule has 4 saturated carbocycles. The third-order valence-corrected chi connectivity index (χ3v) is 5.24. The molecule has 4 fully saturated rings. The molecule has 4 bridgehead atoms. The molecular weight excluding hydrogens is 240 g/mol. The Kier molecular flexibility index (Phi) is 2.43. The summed E-state index contributed by atoms with van der Waals surface area (Å²) in [5.74, 6) is 3.26. The standard InChI is InChI=1S/C14H22N4O/c1-8(15)12-17-18-13(19-12)16-14-5-9-2-10(6-14)4-11(3-9)7-14/h8-11H,2-7,15H2,1H3,(H,16,18). The molecule has 1 aromatic rings. The topological polar surface area (TPSA) is 77.0 Å². The van der Waals surface area contributed by atoms with Crippen LogP contribution in [0.2, 0.25) is 0 Å². The van der Waals surface area contributed by atoms with Crippen LogP contribution in [0.5, 0.6) is 0 Å². The lowest BCUT2D eigenvalue weighted by atomic mass is 9.53. The van der Waals surface area contributed by atoms with Crippen molar-refractivity contribution < 1.29 is 4.42 Å². The van der Waals surface area contributed by atoms with E-state index in [0.29, 0.717) is 11.9 Å². The molecule has 1 aromatic heterocycles. The fraction of sp³-hybridized carbons (Fsp3) is 0.857. The number of aromatic nitrogens is 2. The second-order valence-electron chi connectivity index (χ2n) is 7.06. The molecule has 3 N–H and O–H groups in total. The molecule has 0 spiro atoms. The third kappa shape index (κ3) is 1.95. The van der Waals surface area contributed by atoms with E-state index in [2.05, 4.69) is 15.5 Å². The van der Waals surface area contributed by atoms with Crippen molar-refractivity contribution >= 4 is 6.01 Å². The van der Waals surface area contributed by atoms with Gasteiger partial charge >= 0.3 is 6.01 Å². The zero-order valence-corrected chi connectivity index (χ0v) is 11.4. The van der Waals surface area contributed by atoms with Crippen molar-refractivity contribution in [2.24, 2.45) is 23.5 Å². The highest BCUT2D eigenvalue weighted by Crippen LogP contribution is 2.56. The molecule has 5 rings (SSSR count). The molecule has 0 amide bonds. The van der Waals surface area contributed by atoms with Crippen molar-refractivity contribution in [3.8, 4) is 0 Å². The van der Waals surface area contributed by atoms with Crippen molar-refractivity contribution in [3.05, 3.63) is 5.89 Å². The predicted molar refractivity (Wildman–Crippen MR) is 71.4 cm³/mol. The molecule has 0 saturated heterocycles. The maximum absolute atomic E-state index is 5.76. The van der Waals surface area contributed by atoms with Gasteiger partial charge in [0.05, 0.1) is 6.04 Å². The van der Waals surface area contributed by atoms with E-state index in [1.165, 1.54) is 38.5 Å². The summed E-state index contributed by atoms with van der Waals surface area (Å²) in [6.45, 7) is 1.86. The fourth-order valence-corrected chi connectivity index (χ4v) is 4.96. The van der Waals surface area contributed by atoms with Gasteiger partial charge in [0.15, 0.2) is 0 Å². The van der Waals surface area contributed by atoms with Gasteiger partial charge < -0.3 is 15.5 Å². The Morgan fingerprint density at radius 2 is 1.74 bits per heavy atom. The minimum atomic E-state index is -0.195. The van der Waals surface area contributed by atoms with E-state index < -0.39 is 0 Å². The summed E-state index contributed by atoms with van der Waals surface area (Å²) in [6.07, 6.45) is 8.14. The van der Waals surface area contributed by atoms with Crippen molar-refractivity contribution in [3.63, 3.8) is 0 Å². The Balaban J connectivity index is 1.55. The zero-order chi connectivity index (χ0) is 13.0. The van der Waals surface area contributed by atoms with Gasteiger partial charge in [0, 0.05) is 5.54 Å². The highest BCUT2D eigenvalue weighted by molar-refractivity contribution is 5.28. The smallest absolute Gasteiger partial charge is 0.315 e. The maximum atomic E-state index is 5.76. The van der Waals surface area contributed by atoms with Crippen LogP contribution in [0.25, 0.3) is 0 Å². The summed E-state index contributed by atoms with van der Waals surface area (Å²) < 4.78 is 5.63. The van der Waals surface area contributed by atoms with E-state index in [-0.39, 0.29) is 11.6 Å². The molecule has 5 heteroatoms. The van der Waals surface area contributed by atoms with Crippen LogP contribution in [-0.4, -0.2) is 15.7 Å². The molecule has 1 atom stereocenters. The number of hydrogen-bond acceptors (Lipinski definition) is 5. The number of nitrogens with one attached hydrogen (secondary N) is 1. The van der Waals surface area contributed by atoms with E-state index in [1.54, 1.807) is 0 Å². The quantitative estimate of drug-likeness (QED) is 0.875. The minimum Gasteiger partial charge on any atom is -0.406 e. The molecule has 104 valence electrons. The van der Waals surface area contributed by atoms with Crippen molar-refractivity contribution in [1.29, 1.82) is 0 Å². The van der Waals surface area contributed by atoms with Gasteiger partial charge in [-0.3, -0.25) is 0 Å². The van der Waals surface area contributed by atoms with Gasteiger partial charge in [0.2, 0.25) is 5.89 Å². The van der Waals surface area contributed by atoms with E-state index in [4.69, 9.17) is 10.2 Å². The molecular formula is C14H22N4O. The van der Waals surface area contributed by atoms with Crippen LogP contribution in [0.15, 0.2) is 4.42 Å². The number of hydrogen-bond donors (Lipinski definition) is 2. The van der Waals surface area contributed by atoms with E-state index in [9.17, 15) is 0 Å². The van der Waals surface area contributed by atoms with Gasteiger partial charge in [-0.25, -0.2) is 0 Å². The van der Waals surface area contributed by atoms with Crippen molar-refractivity contribution in [2.75, 3.05) is 5.32 Å². The molecule has 5 nitrogen and oxygen atoms in total. The Hall–Kier alpha value is -1.10. The fourth-order valence-electron chi connectivity index (χ4n) is 4.96.